The molecule has 138 valence electrons. The second-order valence-electron chi connectivity index (χ2n) is 6.11. The second kappa shape index (κ2) is 6.72. The summed E-state index contributed by atoms with van der Waals surface area (Å²) in [6, 6.07) is 3.19. The van der Waals surface area contributed by atoms with Gasteiger partial charge in [-0.15, -0.1) is 22.7 Å². The Bertz CT molecular complexity index is 1070. The molecule has 0 atom stereocenters. The summed E-state index contributed by atoms with van der Waals surface area (Å²) in [6.07, 6.45) is 1.59. The van der Waals surface area contributed by atoms with Gasteiger partial charge in [0.05, 0.1) is 9.72 Å². The average Bonchev–Trinajstić information content (AvgIpc) is 3.19. The highest BCUT2D eigenvalue weighted by molar-refractivity contribution is 7.91. The van der Waals surface area contributed by atoms with Gasteiger partial charge in [0.25, 0.3) is 10.0 Å². The van der Waals surface area contributed by atoms with E-state index in [1.54, 1.807) is 29.8 Å². The Kier molecular flexibility index (Phi) is 4.68. The van der Waals surface area contributed by atoms with Gasteiger partial charge in [0.2, 0.25) is 0 Å². The third-order valence-corrected chi connectivity index (χ3v) is 9.34. The molecule has 26 heavy (non-hydrogen) atoms. The Balaban J connectivity index is 1.58. The highest BCUT2D eigenvalue weighted by Crippen LogP contribution is 2.35. The molecule has 0 saturated carbocycles. The number of piperazine rings is 1. The SMILES string of the molecule is Cc1sc2ncnc(N3CCN(S(=O)(=O)c4ccc(Cl)s4)CC3)c2c1C. The predicted molar refractivity (Wildman–Crippen MR) is 107 cm³/mol. The lowest BCUT2D eigenvalue weighted by Crippen LogP contribution is -2.48. The van der Waals surface area contributed by atoms with Crippen molar-refractivity contribution in [3.63, 3.8) is 0 Å². The monoisotopic (exact) mass is 428 g/mol. The largest absolute Gasteiger partial charge is 0.353 e. The lowest BCUT2D eigenvalue weighted by Gasteiger charge is -2.34. The number of nitrogens with zero attached hydrogens (tertiary/aromatic N) is 4. The highest BCUT2D eigenvalue weighted by atomic mass is 35.5. The fraction of sp³-hybridized carbons (Fsp3) is 0.375. The quantitative estimate of drug-likeness (QED) is 0.638. The standard InChI is InChI=1S/C16H17ClN4O2S3/c1-10-11(2)24-16-14(10)15(18-9-19-16)20-5-7-21(8-6-20)26(22,23)13-4-3-12(17)25-13/h3-4,9H,5-8H2,1-2H3. The Labute approximate surface area is 165 Å². The maximum atomic E-state index is 12.7. The van der Waals surface area contributed by atoms with E-state index >= 15 is 0 Å². The van der Waals surface area contributed by atoms with E-state index in [1.165, 1.54) is 14.7 Å². The zero-order valence-electron chi connectivity index (χ0n) is 14.3. The van der Waals surface area contributed by atoms with Crippen molar-refractivity contribution < 1.29 is 8.42 Å². The van der Waals surface area contributed by atoms with Crippen molar-refractivity contribution >= 4 is 60.3 Å². The molecule has 1 aliphatic heterocycles. The number of rotatable bonds is 3. The number of halogens is 1. The van der Waals surface area contributed by atoms with E-state index in [9.17, 15) is 8.42 Å². The molecule has 4 rings (SSSR count). The Hall–Kier alpha value is -1.26. The summed E-state index contributed by atoms with van der Waals surface area (Å²) in [5, 5.41) is 1.08. The van der Waals surface area contributed by atoms with Gasteiger partial charge in [-0.25, -0.2) is 18.4 Å². The van der Waals surface area contributed by atoms with Gasteiger partial charge in [0, 0.05) is 31.1 Å². The van der Waals surface area contributed by atoms with Gasteiger partial charge in [-0.05, 0) is 31.5 Å². The summed E-state index contributed by atoms with van der Waals surface area (Å²) < 4.78 is 27.8. The van der Waals surface area contributed by atoms with Gasteiger partial charge in [0.15, 0.2) is 0 Å². The van der Waals surface area contributed by atoms with Crippen LogP contribution in [0.1, 0.15) is 10.4 Å². The fourth-order valence-corrected chi connectivity index (χ4v) is 7.16. The van der Waals surface area contributed by atoms with Crippen LogP contribution in [0.2, 0.25) is 4.34 Å². The van der Waals surface area contributed by atoms with Crippen molar-refractivity contribution in [2.45, 2.75) is 18.1 Å². The average molecular weight is 429 g/mol. The molecule has 1 aliphatic rings. The molecule has 0 unspecified atom stereocenters. The summed E-state index contributed by atoms with van der Waals surface area (Å²) in [4.78, 5) is 13.2. The molecule has 3 aromatic heterocycles. The number of sulfonamides is 1. The number of hydrogen-bond acceptors (Lipinski definition) is 7. The van der Waals surface area contributed by atoms with Crippen molar-refractivity contribution in [1.29, 1.82) is 0 Å². The Morgan fingerprint density at radius 3 is 2.46 bits per heavy atom. The molecule has 6 nitrogen and oxygen atoms in total. The molecule has 0 aromatic carbocycles. The summed E-state index contributed by atoms with van der Waals surface area (Å²) in [5.41, 5.74) is 1.20. The number of aryl methyl sites for hydroxylation is 2. The van der Waals surface area contributed by atoms with Crippen LogP contribution >= 0.6 is 34.3 Å². The first kappa shape index (κ1) is 18.1. The minimum Gasteiger partial charge on any atom is -0.353 e. The van der Waals surface area contributed by atoms with Gasteiger partial charge in [-0.2, -0.15) is 4.31 Å². The van der Waals surface area contributed by atoms with E-state index in [0.29, 0.717) is 34.7 Å². The highest BCUT2D eigenvalue weighted by Gasteiger charge is 2.31. The molecule has 1 fully saturated rings. The summed E-state index contributed by atoms with van der Waals surface area (Å²) in [5.74, 6) is 0.896. The molecule has 0 aliphatic carbocycles. The van der Waals surface area contributed by atoms with Gasteiger partial charge in [-0.3, -0.25) is 0 Å². The lowest BCUT2D eigenvalue weighted by molar-refractivity contribution is 0.385. The van der Waals surface area contributed by atoms with Crippen LogP contribution in [0.15, 0.2) is 22.7 Å². The minimum absolute atomic E-state index is 0.296. The van der Waals surface area contributed by atoms with E-state index in [-0.39, 0.29) is 0 Å². The molecule has 0 amide bonds. The molecule has 0 N–H and O–H groups in total. The van der Waals surface area contributed by atoms with Crippen molar-refractivity contribution in [1.82, 2.24) is 14.3 Å². The van der Waals surface area contributed by atoms with Crippen LogP contribution in [-0.2, 0) is 10.0 Å². The number of hydrogen-bond donors (Lipinski definition) is 0. The van der Waals surface area contributed by atoms with E-state index in [2.05, 4.69) is 28.7 Å². The van der Waals surface area contributed by atoms with Crippen LogP contribution in [-0.4, -0.2) is 48.9 Å². The Morgan fingerprint density at radius 1 is 1.08 bits per heavy atom. The molecule has 4 heterocycles. The van der Waals surface area contributed by atoms with Crippen molar-refractivity contribution in [3.8, 4) is 0 Å². The molecular formula is C16H17ClN4O2S3. The zero-order chi connectivity index (χ0) is 18.5. The van der Waals surface area contributed by atoms with Crippen LogP contribution in [0.25, 0.3) is 10.2 Å². The number of anilines is 1. The van der Waals surface area contributed by atoms with Crippen LogP contribution < -0.4 is 4.90 Å². The lowest BCUT2D eigenvalue weighted by atomic mass is 10.2. The third-order valence-electron chi connectivity index (χ3n) is 4.63. The first-order chi connectivity index (χ1) is 12.4. The smallest absolute Gasteiger partial charge is 0.252 e. The van der Waals surface area contributed by atoms with Gasteiger partial charge < -0.3 is 4.90 Å². The molecule has 10 heteroatoms. The molecule has 3 aromatic rings. The summed E-state index contributed by atoms with van der Waals surface area (Å²) >= 11 is 8.66. The third kappa shape index (κ3) is 3.01. The van der Waals surface area contributed by atoms with Crippen LogP contribution in [0.5, 0.6) is 0 Å². The first-order valence-electron chi connectivity index (χ1n) is 8.09. The van der Waals surface area contributed by atoms with Gasteiger partial charge >= 0.3 is 0 Å². The number of fused-ring (bicyclic) bond motifs is 1. The van der Waals surface area contributed by atoms with Crippen molar-refractivity contribution in [2.24, 2.45) is 0 Å². The van der Waals surface area contributed by atoms with Crippen LogP contribution in [0.3, 0.4) is 0 Å². The summed E-state index contributed by atoms with van der Waals surface area (Å²) in [7, 11) is -3.48. The normalized spacial score (nSPS) is 16.5. The predicted octanol–water partition coefficient (Wildman–Crippen LogP) is 3.53. The van der Waals surface area contributed by atoms with E-state index in [1.807, 2.05) is 0 Å². The second-order valence-corrected chi connectivity index (χ2v) is 11.2. The summed E-state index contributed by atoms with van der Waals surface area (Å²) in [6.45, 7) is 6.21. The van der Waals surface area contributed by atoms with Gasteiger partial charge in [0.1, 0.15) is 21.2 Å². The Morgan fingerprint density at radius 2 is 1.81 bits per heavy atom. The molecule has 0 radical (unpaired) electrons. The van der Waals surface area contributed by atoms with E-state index < -0.39 is 10.0 Å². The molecular weight excluding hydrogens is 412 g/mol. The molecule has 0 bridgehead atoms. The molecule has 1 saturated heterocycles. The topological polar surface area (TPSA) is 66.4 Å². The van der Waals surface area contributed by atoms with E-state index in [0.717, 1.165) is 27.4 Å². The first-order valence-corrected chi connectivity index (χ1v) is 11.5. The fourth-order valence-electron chi connectivity index (χ4n) is 3.11. The molecule has 0 spiro atoms. The van der Waals surface area contributed by atoms with E-state index in [4.69, 9.17) is 11.6 Å². The van der Waals surface area contributed by atoms with Gasteiger partial charge in [-0.1, -0.05) is 11.6 Å². The number of aromatic nitrogens is 2. The van der Waals surface area contributed by atoms with Crippen LogP contribution in [0, 0.1) is 13.8 Å². The van der Waals surface area contributed by atoms with Crippen LogP contribution in [0.4, 0.5) is 5.82 Å². The maximum Gasteiger partial charge on any atom is 0.252 e. The number of thiophene rings is 2. The van der Waals surface area contributed by atoms with Crippen molar-refractivity contribution in [3.05, 3.63) is 33.2 Å². The maximum absolute atomic E-state index is 12.7. The van der Waals surface area contributed by atoms with Crippen molar-refractivity contribution in [2.75, 3.05) is 31.1 Å². The minimum atomic E-state index is -3.48. The zero-order valence-corrected chi connectivity index (χ0v) is 17.5.